The lowest BCUT2D eigenvalue weighted by atomic mass is 10.1. The third-order valence-corrected chi connectivity index (χ3v) is 2.66. The van der Waals surface area contributed by atoms with E-state index < -0.39 is 0 Å². The Morgan fingerprint density at radius 2 is 2.06 bits per heavy atom. The zero-order valence-electron chi connectivity index (χ0n) is 9.59. The quantitative estimate of drug-likeness (QED) is 0.725. The van der Waals surface area contributed by atoms with E-state index in [2.05, 4.69) is 0 Å². The Morgan fingerprint density at radius 3 is 2.69 bits per heavy atom. The second-order valence-corrected chi connectivity index (χ2v) is 4.05. The molecule has 1 fully saturated rings. The summed E-state index contributed by atoms with van der Waals surface area (Å²) in [5.41, 5.74) is 1.12. The molecule has 1 aliphatic heterocycles. The Labute approximate surface area is 95.4 Å². The Morgan fingerprint density at radius 1 is 1.38 bits per heavy atom. The number of hydroxylamine groups is 2. The first-order valence-corrected chi connectivity index (χ1v) is 5.38. The normalized spacial score (nSPS) is 19.9. The molecule has 0 N–H and O–H groups in total. The Hall–Kier alpha value is -1.55. The van der Waals surface area contributed by atoms with E-state index in [-0.39, 0.29) is 12.1 Å². The van der Waals surface area contributed by atoms with Gasteiger partial charge in [-0.2, -0.15) is 5.06 Å². The van der Waals surface area contributed by atoms with E-state index in [9.17, 15) is 4.79 Å². The van der Waals surface area contributed by atoms with E-state index in [0.717, 1.165) is 12.0 Å². The summed E-state index contributed by atoms with van der Waals surface area (Å²) in [5, 5.41) is 1.47. The molecule has 0 spiro atoms. The zero-order chi connectivity index (χ0) is 11.5. The third kappa shape index (κ3) is 2.02. The predicted octanol–water partition coefficient (Wildman–Crippen LogP) is 2.05. The van der Waals surface area contributed by atoms with E-state index in [1.807, 2.05) is 30.3 Å². The molecule has 1 saturated heterocycles. The maximum Gasteiger partial charge on any atom is 0.343 e. The second kappa shape index (κ2) is 4.53. The van der Waals surface area contributed by atoms with Crippen molar-refractivity contribution in [2.45, 2.75) is 12.5 Å². The molecular weight excluding hydrogens is 204 g/mol. The van der Waals surface area contributed by atoms with Gasteiger partial charge in [-0.15, -0.1) is 0 Å². The SMILES string of the molecule is CN(C)C(=O)N1OCC[C@H]1c1ccccc1. The maximum absolute atomic E-state index is 11.9. The largest absolute Gasteiger partial charge is 0.343 e. The number of urea groups is 1. The Balaban J connectivity index is 2.19. The fourth-order valence-electron chi connectivity index (χ4n) is 1.83. The van der Waals surface area contributed by atoms with Crippen LogP contribution in [0.4, 0.5) is 4.79 Å². The van der Waals surface area contributed by atoms with Gasteiger partial charge < -0.3 is 4.90 Å². The van der Waals surface area contributed by atoms with Gasteiger partial charge >= 0.3 is 6.03 Å². The molecule has 2 amide bonds. The highest BCUT2D eigenvalue weighted by Gasteiger charge is 2.32. The minimum Gasteiger partial charge on any atom is -0.329 e. The molecule has 16 heavy (non-hydrogen) atoms. The van der Waals surface area contributed by atoms with Crippen molar-refractivity contribution in [2.24, 2.45) is 0 Å². The van der Waals surface area contributed by atoms with Crippen LogP contribution in [0.1, 0.15) is 18.0 Å². The van der Waals surface area contributed by atoms with Gasteiger partial charge in [-0.3, -0.25) is 4.84 Å². The van der Waals surface area contributed by atoms with Gasteiger partial charge in [0.25, 0.3) is 0 Å². The van der Waals surface area contributed by atoms with E-state index >= 15 is 0 Å². The van der Waals surface area contributed by atoms with Crippen LogP contribution >= 0.6 is 0 Å². The summed E-state index contributed by atoms with van der Waals surface area (Å²) < 4.78 is 0. The van der Waals surface area contributed by atoms with Crippen LogP contribution in [0.25, 0.3) is 0 Å². The second-order valence-electron chi connectivity index (χ2n) is 4.05. The molecule has 0 unspecified atom stereocenters. The molecular formula is C12H16N2O2. The van der Waals surface area contributed by atoms with Crippen molar-refractivity contribution >= 4 is 6.03 Å². The summed E-state index contributed by atoms with van der Waals surface area (Å²) in [6.07, 6.45) is 0.851. The topological polar surface area (TPSA) is 32.8 Å². The third-order valence-electron chi connectivity index (χ3n) is 2.66. The highest BCUT2D eigenvalue weighted by Crippen LogP contribution is 2.30. The molecule has 2 rings (SSSR count). The Kier molecular flexibility index (Phi) is 3.10. The van der Waals surface area contributed by atoms with Gasteiger partial charge in [-0.1, -0.05) is 30.3 Å². The van der Waals surface area contributed by atoms with Gasteiger partial charge in [0.05, 0.1) is 12.6 Å². The lowest BCUT2D eigenvalue weighted by molar-refractivity contribution is -0.0951. The standard InChI is InChI=1S/C12H16N2O2/c1-13(2)12(15)14-11(8-9-16-14)10-6-4-3-5-7-10/h3-7,11H,8-9H2,1-2H3/t11-/m0/s1. The van der Waals surface area contributed by atoms with Crippen LogP contribution < -0.4 is 0 Å². The van der Waals surface area contributed by atoms with Gasteiger partial charge in [-0.25, -0.2) is 4.79 Å². The summed E-state index contributed by atoms with van der Waals surface area (Å²) >= 11 is 0. The summed E-state index contributed by atoms with van der Waals surface area (Å²) in [7, 11) is 3.46. The van der Waals surface area contributed by atoms with Gasteiger partial charge in [0.15, 0.2) is 0 Å². The molecule has 0 aromatic heterocycles. The van der Waals surface area contributed by atoms with Crippen molar-refractivity contribution < 1.29 is 9.63 Å². The van der Waals surface area contributed by atoms with E-state index in [4.69, 9.17) is 4.84 Å². The molecule has 1 aromatic carbocycles. The Bertz CT molecular complexity index is 365. The lowest BCUT2D eigenvalue weighted by Crippen LogP contribution is -2.37. The maximum atomic E-state index is 11.9. The van der Waals surface area contributed by atoms with Gasteiger partial charge in [0.2, 0.25) is 0 Å². The predicted molar refractivity (Wildman–Crippen MR) is 60.7 cm³/mol. The number of benzene rings is 1. The number of rotatable bonds is 1. The van der Waals surface area contributed by atoms with Crippen LogP contribution in [0, 0.1) is 0 Å². The van der Waals surface area contributed by atoms with Crippen LogP contribution in [-0.4, -0.2) is 36.7 Å². The summed E-state index contributed by atoms with van der Waals surface area (Å²) in [5.74, 6) is 0. The van der Waals surface area contributed by atoms with Crippen LogP contribution in [0.2, 0.25) is 0 Å². The molecule has 1 heterocycles. The van der Waals surface area contributed by atoms with Crippen molar-refractivity contribution in [1.82, 2.24) is 9.96 Å². The summed E-state index contributed by atoms with van der Waals surface area (Å²) in [6.45, 7) is 0.596. The highest BCUT2D eigenvalue weighted by atomic mass is 16.7. The monoisotopic (exact) mass is 220 g/mol. The smallest absolute Gasteiger partial charge is 0.329 e. The number of hydrogen-bond donors (Lipinski definition) is 0. The van der Waals surface area contributed by atoms with Crippen molar-refractivity contribution in [1.29, 1.82) is 0 Å². The van der Waals surface area contributed by atoms with Crippen molar-refractivity contribution in [3.63, 3.8) is 0 Å². The fourth-order valence-corrected chi connectivity index (χ4v) is 1.83. The minimum atomic E-state index is -0.105. The lowest BCUT2D eigenvalue weighted by Gasteiger charge is -2.25. The number of carbonyl (C=O) groups is 1. The summed E-state index contributed by atoms with van der Waals surface area (Å²) in [6, 6.07) is 9.90. The van der Waals surface area contributed by atoms with Crippen LogP contribution in [-0.2, 0) is 4.84 Å². The first kappa shape index (κ1) is 11.0. The summed E-state index contributed by atoms with van der Waals surface area (Å²) in [4.78, 5) is 18.8. The molecule has 86 valence electrons. The average molecular weight is 220 g/mol. The van der Waals surface area contributed by atoms with Crippen molar-refractivity contribution in [2.75, 3.05) is 20.7 Å². The van der Waals surface area contributed by atoms with E-state index in [0.29, 0.717) is 6.61 Å². The van der Waals surface area contributed by atoms with Gasteiger partial charge in [-0.05, 0) is 5.56 Å². The first-order valence-electron chi connectivity index (χ1n) is 5.38. The molecule has 1 aliphatic rings. The molecule has 0 aliphatic carbocycles. The number of amides is 2. The molecule has 0 saturated carbocycles. The van der Waals surface area contributed by atoms with Crippen molar-refractivity contribution in [3.05, 3.63) is 35.9 Å². The van der Waals surface area contributed by atoms with E-state index in [1.165, 1.54) is 9.96 Å². The van der Waals surface area contributed by atoms with Gasteiger partial charge in [0.1, 0.15) is 0 Å². The molecule has 0 bridgehead atoms. The van der Waals surface area contributed by atoms with Gasteiger partial charge in [0, 0.05) is 20.5 Å². The molecule has 1 atom stereocenters. The molecule has 4 heteroatoms. The molecule has 0 radical (unpaired) electrons. The average Bonchev–Trinajstić information content (AvgIpc) is 2.77. The van der Waals surface area contributed by atoms with Crippen LogP contribution in [0.15, 0.2) is 30.3 Å². The van der Waals surface area contributed by atoms with Crippen molar-refractivity contribution in [3.8, 4) is 0 Å². The highest BCUT2D eigenvalue weighted by molar-refractivity contribution is 5.73. The number of hydrogen-bond acceptors (Lipinski definition) is 2. The zero-order valence-corrected chi connectivity index (χ0v) is 9.59. The van der Waals surface area contributed by atoms with Crippen LogP contribution in [0.3, 0.4) is 0 Å². The number of nitrogens with zero attached hydrogens (tertiary/aromatic N) is 2. The van der Waals surface area contributed by atoms with E-state index in [1.54, 1.807) is 14.1 Å². The minimum absolute atomic E-state index is 0.0381. The fraction of sp³-hybridized carbons (Fsp3) is 0.417. The van der Waals surface area contributed by atoms with Crippen LogP contribution in [0.5, 0.6) is 0 Å². The number of carbonyl (C=O) groups excluding carboxylic acids is 1. The first-order chi connectivity index (χ1) is 7.70. The molecule has 4 nitrogen and oxygen atoms in total. The molecule has 1 aromatic rings.